The highest BCUT2D eigenvalue weighted by Gasteiger charge is 2.57. The number of rotatable bonds is 4. The average molecular weight is 393 g/mol. The summed E-state index contributed by atoms with van der Waals surface area (Å²) in [6.07, 6.45) is 6.82. The molecule has 4 atom stereocenters. The van der Waals surface area contributed by atoms with E-state index < -0.39 is 5.60 Å². The van der Waals surface area contributed by atoms with E-state index in [1.807, 2.05) is 30.3 Å². The van der Waals surface area contributed by atoms with Crippen LogP contribution in [0.25, 0.3) is 0 Å². The molecule has 2 aromatic carbocycles. The maximum absolute atomic E-state index is 11.4. The summed E-state index contributed by atoms with van der Waals surface area (Å²) in [6.45, 7) is 9.43. The van der Waals surface area contributed by atoms with Crippen molar-refractivity contribution < 1.29 is 9.84 Å². The van der Waals surface area contributed by atoms with Crippen LogP contribution in [0.2, 0.25) is 0 Å². The van der Waals surface area contributed by atoms with Crippen molar-refractivity contribution in [3.05, 3.63) is 60.2 Å². The third-order valence-electron chi connectivity index (χ3n) is 8.10. The Kier molecular flexibility index (Phi) is 5.27. The van der Waals surface area contributed by atoms with E-state index in [1.54, 1.807) is 0 Å². The molecule has 0 bridgehead atoms. The second-order valence-corrected chi connectivity index (χ2v) is 10.6. The van der Waals surface area contributed by atoms with E-state index in [-0.39, 0.29) is 11.3 Å². The molecule has 2 fully saturated rings. The van der Waals surface area contributed by atoms with E-state index in [4.69, 9.17) is 4.74 Å². The molecule has 2 nitrogen and oxygen atoms in total. The lowest BCUT2D eigenvalue weighted by atomic mass is 9.45. The van der Waals surface area contributed by atoms with Gasteiger partial charge in [0.05, 0.1) is 5.60 Å². The summed E-state index contributed by atoms with van der Waals surface area (Å²) in [7, 11) is 0. The highest BCUT2D eigenvalue weighted by atomic mass is 16.5. The summed E-state index contributed by atoms with van der Waals surface area (Å²) in [4.78, 5) is 0. The van der Waals surface area contributed by atoms with Gasteiger partial charge >= 0.3 is 0 Å². The van der Waals surface area contributed by atoms with Crippen molar-refractivity contribution in [2.45, 2.75) is 71.8 Å². The van der Waals surface area contributed by atoms with E-state index >= 15 is 0 Å². The Bertz CT molecular complexity index is 821. The van der Waals surface area contributed by atoms with Crippen LogP contribution in [0.4, 0.5) is 0 Å². The molecular weight excluding hydrogens is 356 g/mol. The van der Waals surface area contributed by atoms with Crippen molar-refractivity contribution in [1.82, 2.24) is 0 Å². The normalized spacial score (nSPS) is 33.7. The number of hydrogen-bond acceptors (Lipinski definition) is 2. The Morgan fingerprint density at radius 2 is 1.52 bits per heavy atom. The Morgan fingerprint density at radius 3 is 2.21 bits per heavy atom. The third-order valence-corrected chi connectivity index (χ3v) is 8.10. The predicted molar refractivity (Wildman–Crippen MR) is 119 cm³/mol. The van der Waals surface area contributed by atoms with Crippen LogP contribution in [0.1, 0.15) is 65.4 Å². The molecule has 2 heteroatoms. The average Bonchev–Trinajstić information content (AvgIpc) is 2.66. The van der Waals surface area contributed by atoms with Crippen molar-refractivity contribution in [3.63, 3.8) is 0 Å². The largest absolute Gasteiger partial charge is 0.457 e. The van der Waals surface area contributed by atoms with Crippen LogP contribution in [-0.2, 0) is 6.42 Å². The first-order valence-electron chi connectivity index (χ1n) is 11.2. The Labute approximate surface area is 176 Å². The fourth-order valence-electron chi connectivity index (χ4n) is 6.63. The topological polar surface area (TPSA) is 29.5 Å². The summed E-state index contributed by atoms with van der Waals surface area (Å²) in [5.74, 6) is 2.69. The zero-order chi connectivity index (χ0) is 20.7. The number of para-hydroxylation sites is 1. The molecule has 29 heavy (non-hydrogen) atoms. The van der Waals surface area contributed by atoms with Crippen molar-refractivity contribution >= 4 is 0 Å². The smallest absolute Gasteiger partial charge is 0.127 e. The summed E-state index contributed by atoms with van der Waals surface area (Å²) in [6, 6.07) is 18.4. The first kappa shape index (κ1) is 20.5. The highest BCUT2D eigenvalue weighted by molar-refractivity contribution is 5.33. The zero-order valence-corrected chi connectivity index (χ0v) is 18.4. The molecule has 4 rings (SSSR count). The van der Waals surface area contributed by atoms with Crippen LogP contribution in [0.3, 0.4) is 0 Å². The van der Waals surface area contributed by atoms with E-state index in [2.05, 4.69) is 52.0 Å². The van der Waals surface area contributed by atoms with Crippen LogP contribution >= 0.6 is 0 Å². The molecule has 1 N–H and O–H groups in total. The van der Waals surface area contributed by atoms with Gasteiger partial charge in [-0.2, -0.15) is 0 Å². The summed E-state index contributed by atoms with van der Waals surface area (Å²) in [5, 5.41) is 11.4. The van der Waals surface area contributed by atoms with Gasteiger partial charge in [-0.1, -0.05) is 57.5 Å². The Balaban J connectivity index is 1.55. The SMILES string of the molecule is CC1(C)CCC[C@]2(C)[C@@H](Cc3ccc(Oc4ccccc4)cc3)[C@](C)(O)CC[C@@H]12. The number of ether oxygens (including phenoxy) is 1. The molecule has 156 valence electrons. The summed E-state index contributed by atoms with van der Waals surface area (Å²) in [5.41, 5.74) is 1.26. The lowest BCUT2D eigenvalue weighted by Crippen LogP contribution is -2.58. The van der Waals surface area contributed by atoms with Crippen LogP contribution in [0, 0.1) is 22.7 Å². The van der Waals surface area contributed by atoms with Gasteiger partial charge in [-0.25, -0.2) is 0 Å². The monoisotopic (exact) mass is 392 g/mol. The zero-order valence-electron chi connectivity index (χ0n) is 18.4. The minimum absolute atomic E-state index is 0.197. The standard InChI is InChI=1S/C27H36O2/c1-25(2)16-8-17-26(3)23(25)15-18-27(4,28)24(26)19-20-11-13-22(14-12-20)29-21-9-6-5-7-10-21/h5-7,9-14,23-24,28H,8,15-19H2,1-4H3/t23-,24+,26-,27+/m0/s1. The van der Waals surface area contributed by atoms with Crippen molar-refractivity contribution in [2.75, 3.05) is 0 Å². The molecule has 0 spiro atoms. The molecule has 2 aliphatic rings. The van der Waals surface area contributed by atoms with Crippen LogP contribution in [-0.4, -0.2) is 10.7 Å². The molecular formula is C27H36O2. The minimum atomic E-state index is -0.599. The van der Waals surface area contributed by atoms with E-state index in [0.717, 1.165) is 30.8 Å². The van der Waals surface area contributed by atoms with Crippen LogP contribution in [0.5, 0.6) is 11.5 Å². The maximum atomic E-state index is 11.4. The Hall–Kier alpha value is -1.80. The first-order valence-corrected chi connectivity index (χ1v) is 11.2. The lowest BCUT2D eigenvalue weighted by Gasteiger charge is -2.61. The van der Waals surface area contributed by atoms with Gasteiger partial charge in [0.25, 0.3) is 0 Å². The predicted octanol–water partition coefficient (Wildman–Crippen LogP) is 7.02. The molecule has 0 aromatic heterocycles. The maximum Gasteiger partial charge on any atom is 0.127 e. The third kappa shape index (κ3) is 3.97. The fourth-order valence-corrected chi connectivity index (χ4v) is 6.63. The molecule has 0 aliphatic heterocycles. The van der Waals surface area contributed by atoms with Crippen LogP contribution < -0.4 is 4.74 Å². The van der Waals surface area contributed by atoms with Crippen molar-refractivity contribution in [3.8, 4) is 11.5 Å². The van der Waals surface area contributed by atoms with E-state index in [0.29, 0.717) is 11.3 Å². The van der Waals surface area contributed by atoms with E-state index in [9.17, 15) is 5.11 Å². The minimum Gasteiger partial charge on any atom is -0.457 e. The van der Waals surface area contributed by atoms with Gasteiger partial charge in [0.1, 0.15) is 11.5 Å². The second kappa shape index (κ2) is 7.47. The second-order valence-electron chi connectivity index (χ2n) is 10.6. The Morgan fingerprint density at radius 1 is 0.862 bits per heavy atom. The van der Waals surface area contributed by atoms with Crippen LogP contribution in [0.15, 0.2) is 54.6 Å². The van der Waals surface area contributed by atoms with Gasteiger partial charge in [0.2, 0.25) is 0 Å². The fraction of sp³-hybridized carbons (Fsp3) is 0.556. The molecule has 0 heterocycles. The molecule has 0 saturated heterocycles. The lowest BCUT2D eigenvalue weighted by molar-refractivity contribution is -0.166. The van der Waals surface area contributed by atoms with Crippen molar-refractivity contribution in [1.29, 1.82) is 0 Å². The van der Waals surface area contributed by atoms with Gasteiger partial charge in [-0.15, -0.1) is 0 Å². The number of benzene rings is 2. The number of aliphatic hydroxyl groups is 1. The summed E-state index contributed by atoms with van der Waals surface area (Å²) < 4.78 is 5.95. The first-order chi connectivity index (χ1) is 13.7. The van der Waals surface area contributed by atoms with Crippen molar-refractivity contribution in [2.24, 2.45) is 22.7 Å². The summed E-state index contributed by atoms with van der Waals surface area (Å²) >= 11 is 0. The highest BCUT2D eigenvalue weighted by Crippen LogP contribution is 2.62. The van der Waals surface area contributed by atoms with Gasteiger partial charge in [0, 0.05) is 0 Å². The molecule has 2 saturated carbocycles. The molecule has 2 aromatic rings. The van der Waals surface area contributed by atoms with Gasteiger partial charge in [-0.3, -0.25) is 0 Å². The molecule has 0 radical (unpaired) electrons. The van der Waals surface area contributed by atoms with Gasteiger partial charge in [0.15, 0.2) is 0 Å². The van der Waals surface area contributed by atoms with E-state index in [1.165, 1.54) is 24.8 Å². The molecule has 0 unspecified atom stereocenters. The number of hydrogen-bond donors (Lipinski definition) is 1. The number of fused-ring (bicyclic) bond motifs is 1. The van der Waals surface area contributed by atoms with Gasteiger partial charge < -0.3 is 9.84 Å². The quantitative estimate of drug-likeness (QED) is 0.606. The molecule has 0 amide bonds. The molecule has 2 aliphatic carbocycles. The van der Waals surface area contributed by atoms with Gasteiger partial charge in [-0.05, 0) is 91.5 Å².